The van der Waals surface area contributed by atoms with Gasteiger partial charge in [0, 0.05) is 37.4 Å². The number of fused-ring (bicyclic) bond motifs is 2. The maximum Gasteiger partial charge on any atom is 0.405 e. The van der Waals surface area contributed by atoms with E-state index in [0.717, 1.165) is 6.08 Å². The number of nitrogens with two attached hydrogens (primary N) is 1. The molecule has 220 valence electrons. The molecule has 1 aliphatic heterocycles. The quantitative estimate of drug-likeness (QED) is 0.346. The molecular formula is C29H40N2O9. The predicted molar refractivity (Wildman–Crippen MR) is 147 cm³/mol. The first-order valence-corrected chi connectivity index (χ1v) is 13.0. The number of hydrogen-bond donors (Lipinski definition) is 3. The van der Waals surface area contributed by atoms with Gasteiger partial charge in [0.2, 0.25) is 11.6 Å². The van der Waals surface area contributed by atoms with E-state index in [1.54, 1.807) is 32.1 Å². The van der Waals surface area contributed by atoms with Gasteiger partial charge in [-0.25, -0.2) is 4.79 Å². The number of amides is 2. The van der Waals surface area contributed by atoms with Crippen LogP contribution in [0.4, 0.5) is 4.79 Å². The van der Waals surface area contributed by atoms with Crippen LogP contribution >= 0.6 is 0 Å². The SMILES string of the molecule is COC1=C2C[C@H](C)C[C@H](OC)[C@H](O)[C@H](C)/C=C(\C)[C@H](OC(N)=O)[C@@H](OC)/C=C\C=C(/C)C(=O)NC(=CC1=O)C2=O. The van der Waals surface area contributed by atoms with Crippen LogP contribution in [0, 0.1) is 11.8 Å². The lowest BCUT2D eigenvalue weighted by molar-refractivity contribution is -0.120. The Labute approximate surface area is 234 Å². The molecule has 2 aliphatic rings. The summed E-state index contributed by atoms with van der Waals surface area (Å²) >= 11 is 0. The molecule has 0 radical (unpaired) electrons. The minimum absolute atomic E-state index is 0.0801. The number of hydrogen-bond acceptors (Lipinski definition) is 9. The number of nitrogens with one attached hydrogen (secondary N) is 1. The zero-order valence-corrected chi connectivity index (χ0v) is 24.1. The third-order valence-corrected chi connectivity index (χ3v) is 6.95. The molecule has 0 saturated heterocycles. The van der Waals surface area contributed by atoms with Gasteiger partial charge in [-0.1, -0.05) is 38.2 Å². The van der Waals surface area contributed by atoms with Crippen molar-refractivity contribution in [3.05, 3.63) is 58.6 Å². The van der Waals surface area contributed by atoms with E-state index in [4.69, 9.17) is 24.7 Å². The van der Waals surface area contributed by atoms with Gasteiger partial charge in [-0.2, -0.15) is 0 Å². The second-order valence-electron chi connectivity index (χ2n) is 10.1. The third-order valence-electron chi connectivity index (χ3n) is 6.95. The highest BCUT2D eigenvalue weighted by Gasteiger charge is 2.34. The second kappa shape index (κ2) is 14.7. The predicted octanol–water partition coefficient (Wildman–Crippen LogP) is 2.41. The zero-order valence-electron chi connectivity index (χ0n) is 24.1. The van der Waals surface area contributed by atoms with E-state index >= 15 is 0 Å². The van der Waals surface area contributed by atoms with Gasteiger partial charge in [0.25, 0.3) is 5.91 Å². The molecule has 0 fully saturated rings. The molecule has 1 aliphatic carbocycles. The third kappa shape index (κ3) is 8.23. The maximum absolute atomic E-state index is 13.3. The Morgan fingerprint density at radius 3 is 2.35 bits per heavy atom. The number of rotatable bonds is 4. The van der Waals surface area contributed by atoms with Crippen LogP contribution < -0.4 is 11.1 Å². The Morgan fingerprint density at radius 1 is 1.10 bits per heavy atom. The number of ether oxygens (including phenoxy) is 4. The average Bonchev–Trinajstić information content (AvgIpc) is 2.90. The first-order valence-electron chi connectivity index (χ1n) is 13.0. The molecule has 4 N–H and O–H groups in total. The summed E-state index contributed by atoms with van der Waals surface area (Å²) in [7, 11) is 4.21. The van der Waals surface area contributed by atoms with E-state index in [2.05, 4.69) is 5.32 Å². The molecule has 0 aromatic carbocycles. The van der Waals surface area contributed by atoms with Gasteiger partial charge in [0.15, 0.2) is 11.9 Å². The van der Waals surface area contributed by atoms with Crippen molar-refractivity contribution in [3.63, 3.8) is 0 Å². The molecule has 0 spiro atoms. The molecule has 2 bridgehead atoms. The van der Waals surface area contributed by atoms with Crippen LogP contribution in [0.3, 0.4) is 0 Å². The number of primary amides is 1. The largest absolute Gasteiger partial charge is 0.492 e. The lowest BCUT2D eigenvalue weighted by Crippen LogP contribution is -2.37. The highest BCUT2D eigenvalue weighted by molar-refractivity contribution is 6.23. The van der Waals surface area contributed by atoms with Gasteiger partial charge in [0.1, 0.15) is 6.10 Å². The summed E-state index contributed by atoms with van der Waals surface area (Å²) in [6.45, 7) is 6.92. The summed E-state index contributed by atoms with van der Waals surface area (Å²) in [6, 6.07) is 0. The molecule has 0 saturated carbocycles. The molecule has 11 heteroatoms. The molecule has 0 unspecified atom stereocenters. The van der Waals surface area contributed by atoms with Gasteiger partial charge in [-0.3, -0.25) is 14.4 Å². The normalized spacial score (nSPS) is 32.7. The molecule has 6 atom stereocenters. The molecule has 2 rings (SSSR count). The van der Waals surface area contributed by atoms with Crippen molar-refractivity contribution in [3.8, 4) is 0 Å². The average molecular weight is 561 g/mol. The van der Waals surface area contributed by atoms with Crippen molar-refractivity contribution < 1.29 is 43.2 Å². The van der Waals surface area contributed by atoms with Crippen LogP contribution in [-0.2, 0) is 33.3 Å². The minimum Gasteiger partial charge on any atom is -0.492 e. The smallest absolute Gasteiger partial charge is 0.405 e. The van der Waals surface area contributed by atoms with E-state index in [-0.39, 0.29) is 34.9 Å². The first kappa shape index (κ1) is 32.7. The maximum atomic E-state index is 13.3. The number of carbonyl (C=O) groups excluding carboxylic acids is 4. The topological polar surface area (TPSA) is 163 Å². The molecular weight excluding hydrogens is 520 g/mol. The van der Waals surface area contributed by atoms with Crippen molar-refractivity contribution in [2.75, 3.05) is 21.3 Å². The molecule has 0 aromatic heterocycles. The number of ketones is 2. The first-order chi connectivity index (χ1) is 18.8. The lowest BCUT2D eigenvalue weighted by Gasteiger charge is -2.29. The lowest BCUT2D eigenvalue weighted by atomic mass is 9.85. The number of Topliss-reactive ketones (excluding diaryl/α,β-unsaturated/α-hetero) is 1. The van der Waals surface area contributed by atoms with E-state index < -0.39 is 53.9 Å². The Morgan fingerprint density at radius 2 is 1.77 bits per heavy atom. The summed E-state index contributed by atoms with van der Waals surface area (Å²) in [5.41, 5.74) is 6.12. The van der Waals surface area contributed by atoms with E-state index in [1.807, 2.05) is 6.92 Å². The number of aliphatic hydroxyl groups is 1. The van der Waals surface area contributed by atoms with Gasteiger partial charge < -0.3 is 35.1 Å². The zero-order chi connectivity index (χ0) is 30.1. The molecule has 2 amide bonds. The summed E-state index contributed by atoms with van der Waals surface area (Å²) in [5, 5.41) is 13.7. The van der Waals surface area contributed by atoms with Gasteiger partial charge in [-0.05, 0) is 38.2 Å². The highest BCUT2D eigenvalue weighted by atomic mass is 16.6. The van der Waals surface area contributed by atoms with E-state index in [0.29, 0.717) is 12.0 Å². The molecule has 1 heterocycles. The highest BCUT2D eigenvalue weighted by Crippen LogP contribution is 2.29. The van der Waals surface area contributed by atoms with Gasteiger partial charge in [-0.15, -0.1) is 0 Å². The number of allylic oxidation sites excluding steroid dienone is 4. The fraction of sp³-hybridized carbons (Fsp3) is 0.517. The Kier molecular flexibility index (Phi) is 12.0. The summed E-state index contributed by atoms with van der Waals surface area (Å²) in [5.74, 6) is -2.39. The van der Waals surface area contributed by atoms with Crippen LogP contribution in [0.15, 0.2) is 58.6 Å². The van der Waals surface area contributed by atoms with Crippen molar-refractivity contribution in [1.82, 2.24) is 5.32 Å². The number of carbonyl (C=O) groups is 4. The summed E-state index contributed by atoms with van der Waals surface area (Å²) in [4.78, 5) is 50.6. The van der Waals surface area contributed by atoms with Crippen molar-refractivity contribution in [2.24, 2.45) is 17.6 Å². The van der Waals surface area contributed by atoms with Gasteiger partial charge in [0.05, 0.1) is 25.0 Å². The Balaban J connectivity index is 2.60. The Hall–Kier alpha value is -3.54. The van der Waals surface area contributed by atoms with Crippen molar-refractivity contribution in [1.29, 1.82) is 0 Å². The van der Waals surface area contributed by atoms with Gasteiger partial charge >= 0.3 is 6.09 Å². The van der Waals surface area contributed by atoms with Crippen LogP contribution in [0.2, 0.25) is 0 Å². The van der Waals surface area contributed by atoms with Crippen molar-refractivity contribution >= 4 is 23.6 Å². The molecule has 11 nitrogen and oxygen atoms in total. The van der Waals surface area contributed by atoms with Crippen molar-refractivity contribution in [2.45, 2.75) is 65.0 Å². The fourth-order valence-electron chi connectivity index (χ4n) is 4.78. The van der Waals surface area contributed by atoms with Crippen LogP contribution in [-0.4, -0.2) is 74.4 Å². The second-order valence-corrected chi connectivity index (χ2v) is 10.1. The van der Waals surface area contributed by atoms with E-state index in [1.165, 1.54) is 34.3 Å². The number of methoxy groups -OCH3 is 3. The fourth-order valence-corrected chi connectivity index (χ4v) is 4.78. The van der Waals surface area contributed by atoms with Crippen LogP contribution in [0.5, 0.6) is 0 Å². The summed E-state index contributed by atoms with van der Waals surface area (Å²) in [6.07, 6.45) is 3.61. The summed E-state index contributed by atoms with van der Waals surface area (Å²) < 4.78 is 21.7. The molecule has 40 heavy (non-hydrogen) atoms. The van der Waals surface area contributed by atoms with Crippen LogP contribution in [0.1, 0.15) is 40.5 Å². The minimum atomic E-state index is -1.00. The standard InChI is InChI=1S/C29H40N2O9/c1-15-11-19-25(34)20(14-21(32)27(19)39-7)31-28(35)16(2)9-8-10-22(37-5)26(40-29(30)36)18(4)13-17(3)24(33)23(12-15)38-6/h8-10,13-15,17,22-24,26,33H,11-12H2,1-7H3,(H2,30,36)(H,31,35)/b10-8-,16-9+,18-13+/t15-,17+,22-,23-,24+,26-/m0/s1. The van der Waals surface area contributed by atoms with Crippen LogP contribution in [0.25, 0.3) is 0 Å². The van der Waals surface area contributed by atoms with E-state index in [9.17, 15) is 24.3 Å². The monoisotopic (exact) mass is 560 g/mol. The number of aliphatic hydroxyl groups excluding tert-OH is 1. The molecule has 0 aromatic rings. The Bertz CT molecular complexity index is 1150.